The number of nitrogens with zero attached hydrogens (tertiary/aromatic N) is 2. The molecule has 20 heavy (non-hydrogen) atoms. The maximum absolute atomic E-state index is 13.3. The summed E-state index contributed by atoms with van der Waals surface area (Å²) in [7, 11) is 0. The molecule has 1 aromatic carbocycles. The predicted octanol–water partition coefficient (Wildman–Crippen LogP) is 0.539. The van der Waals surface area contributed by atoms with Crippen molar-refractivity contribution < 1.29 is 18.9 Å². The molecule has 0 aliphatic carbocycles. The highest BCUT2D eigenvalue weighted by molar-refractivity contribution is 6.21. The van der Waals surface area contributed by atoms with Crippen molar-refractivity contribution in [1.82, 2.24) is 5.32 Å². The number of hydrogen-bond acceptors (Lipinski definition) is 4. The monoisotopic (exact) mass is 277 g/mol. The topological polar surface area (TPSA) is 102 Å². The summed E-state index contributed by atoms with van der Waals surface area (Å²) in [6.07, 6.45) is 2.50. The van der Waals surface area contributed by atoms with Gasteiger partial charge < -0.3 is 5.32 Å². The van der Waals surface area contributed by atoms with E-state index in [2.05, 4.69) is 10.3 Å². The minimum absolute atomic E-state index is 0.165. The fourth-order valence-electron chi connectivity index (χ4n) is 1.56. The maximum atomic E-state index is 13.3. The second-order valence-electron chi connectivity index (χ2n) is 3.87. The molecule has 7 nitrogen and oxygen atoms in total. The first-order valence-corrected chi connectivity index (χ1v) is 5.48. The third-order valence-corrected chi connectivity index (χ3v) is 2.50. The fraction of sp³-hybridized carbons (Fsp3) is 0.0833. The fourth-order valence-corrected chi connectivity index (χ4v) is 1.56. The predicted molar refractivity (Wildman–Crippen MR) is 66.8 cm³/mol. The lowest BCUT2D eigenvalue weighted by Crippen LogP contribution is -2.50. The number of hydrogen-bond donors (Lipinski definition) is 1. The molecule has 0 bridgehead atoms. The highest BCUT2D eigenvalue weighted by atomic mass is 19.1. The van der Waals surface area contributed by atoms with Gasteiger partial charge in [0.2, 0.25) is 0 Å². The van der Waals surface area contributed by atoms with Gasteiger partial charge in [0.1, 0.15) is 11.7 Å². The highest BCUT2D eigenvalue weighted by Gasteiger charge is 2.41. The molecule has 1 aromatic rings. The van der Waals surface area contributed by atoms with Crippen molar-refractivity contribution in [1.29, 1.82) is 0 Å². The second kappa shape index (κ2) is 5.39. The average Bonchev–Trinajstić information content (AvgIpc) is 2.36. The van der Waals surface area contributed by atoms with Crippen LogP contribution in [0.4, 0.5) is 4.39 Å². The number of rotatable bonds is 3. The van der Waals surface area contributed by atoms with E-state index in [0.717, 1.165) is 0 Å². The normalized spacial score (nSPS) is 18.9. The quantitative estimate of drug-likeness (QED) is 0.495. The molecule has 1 aliphatic heterocycles. The largest absolute Gasteiger partial charge is 0.368 e. The van der Waals surface area contributed by atoms with Gasteiger partial charge in [-0.05, 0) is 18.2 Å². The van der Waals surface area contributed by atoms with Gasteiger partial charge in [0.25, 0.3) is 0 Å². The van der Waals surface area contributed by atoms with Crippen LogP contribution in [0.5, 0.6) is 0 Å². The van der Waals surface area contributed by atoms with Crippen molar-refractivity contribution in [3.8, 4) is 0 Å². The van der Waals surface area contributed by atoms with E-state index in [4.69, 9.17) is 0 Å². The smallest absolute Gasteiger partial charge is 0.304 e. The van der Waals surface area contributed by atoms with E-state index in [-0.39, 0.29) is 11.4 Å². The Kier molecular flexibility index (Phi) is 3.65. The van der Waals surface area contributed by atoms with Crippen LogP contribution in [0.1, 0.15) is 5.56 Å². The summed E-state index contributed by atoms with van der Waals surface area (Å²) in [5.74, 6) is -2.88. The van der Waals surface area contributed by atoms with E-state index in [9.17, 15) is 24.1 Å². The number of aliphatic imine (C=N–C) groups is 1. The zero-order valence-electron chi connectivity index (χ0n) is 9.95. The summed E-state index contributed by atoms with van der Waals surface area (Å²) in [5.41, 5.74) is 0.230. The highest BCUT2D eigenvalue weighted by Crippen LogP contribution is 2.09. The van der Waals surface area contributed by atoms with Crippen molar-refractivity contribution >= 4 is 23.7 Å². The minimum Gasteiger partial charge on any atom is -0.304 e. The van der Waals surface area contributed by atoms with Gasteiger partial charge in [0.15, 0.2) is 0 Å². The van der Waals surface area contributed by atoms with Crippen LogP contribution >= 0.6 is 0 Å². The maximum Gasteiger partial charge on any atom is 0.368 e. The van der Waals surface area contributed by atoms with E-state index in [1.54, 1.807) is 6.07 Å². The number of nitrogens with one attached hydrogen (secondary N) is 1. The molecular weight excluding hydrogens is 269 g/mol. The summed E-state index contributed by atoms with van der Waals surface area (Å²) in [6.45, 7) is 0. The number of nitro groups is 1. The van der Waals surface area contributed by atoms with E-state index < -0.39 is 28.6 Å². The molecule has 0 spiro atoms. The zero-order chi connectivity index (χ0) is 14.7. The minimum atomic E-state index is -2.03. The van der Waals surface area contributed by atoms with E-state index in [1.807, 2.05) is 0 Å². The SMILES string of the molecule is O=C1N=C(/C=C/c2ccccc2F)NC(=O)C1[N+](=O)[O-]. The first-order valence-electron chi connectivity index (χ1n) is 5.48. The molecule has 1 atom stereocenters. The van der Waals surface area contributed by atoms with Crippen molar-refractivity contribution in [2.45, 2.75) is 6.04 Å². The molecule has 0 radical (unpaired) electrons. The van der Waals surface area contributed by atoms with Crippen LogP contribution in [-0.2, 0) is 9.59 Å². The van der Waals surface area contributed by atoms with E-state index >= 15 is 0 Å². The molecule has 1 N–H and O–H groups in total. The Morgan fingerprint density at radius 1 is 1.30 bits per heavy atom. The Hall–Kier alpha value is -2.90. The average molecular weight is 277 g/mol. The van der Waals surface area contributed by atoms with Crippen molar-refractivity contribution in [2.75, 3.05) is 0 Å². The van der Waals surface area contributed by atoms with Gasteiger partial charge >= 0.3 is 17.9 Å². The second-order valence-corrected chi connectivity index (χ2v) is 3.87. The number of amides is 2. The number of benzene rings is 1. The summed E-state index contributed by atoms with van der Waals surface area (Å²) >= 11 is 0. The number of carbonyl (C=O) groups is 2. The Labute approximate surface area is 112 Å². The molecule has 1 heterocycles. The summed E-state index contributed by atoms with van der Waals surface area (Å²) < 4.78 is 13.3. The standard InChI is InChI=1S/C12H8FN3O4/c13-8-4-2-1-3-7(8)5-6-9-14-11(17)10(16(19)20)12(18)15-9/h1-6,10H,(H,14,15,17,18)/b6-5+. The van der Waals surface area contributed by atoms with Gasteiger partial charge in [0.05, 0.1) is 0 Å². The van der Waals surface area contributed by atoms with Crippen LogP contribution in [0.15, 0.2) is 35.3 Å². The van der Waals surface area contributed by atoms with Gasteiger partial charge in [-0.2, -0.15) is 4.99 Å². The summed E-state index contributed by atoms with van der Waals surface area (Å²) in [5, 5.41) is 12.6. The molecule has 1 unspecified atom stereocenters. The Morgan fingerprint density at radius 3 is 2.60 bits per heavy atom. The molecule has 0 fully saturated rings. The first-order chi connectivity index (χ1) is 9.49. The van der Waals surface area contributed by atoms with Crippen molar-refractivity contribution in [3.63, 3.8) is 0 Å². The van der Waals surface area contributed by atoms with Crippen LogP contribution in [0.2, 0.25) is 0 Å². The lowest BCUT2D eigenvalue weighted by Gasteiger charge is -2.12. The molecular formula is C12H8FN3O4. The molecule has 1 aliphatic rings. The summed E-state index contributed by atoms with van der Waals surface area (Å²) in [4.78, 5) is 35.6. The van der Waals surface area contributed by atoms with Crippen molar-refractivity contribution in [2.24, 2.45) is 4.99 Å². The van der Waals surface area contributed by atoms with Gasteiger partial charge in [0, 0.05) is 10.5 Å². The van der Waals surface area contributed by atoms with Crippen LogP contribution in [0.3, 0.4) is 0 Å². The Morgan fingerprint density at radius 2 is 2.00 bits per heavy atom. The van der Waals surface area contributed by atoms with Crippen LogP contribution in [-0.4, -0.2) is 28.6 Å². The lowest BCUT2D eigenvalue weighted by atomic mass is 10.2. The number of amidine groups is 1. The van der Waals surface area contributed by atoms with Crippen LogP contribution in [0, 0.1) is 15.9 Å². The molecule has 0 saturated heterocycles. The molecule has 2 rings (SSSR count). The van der Waals surface area contributed by atoms with Gasteiger partial charge in [-0.1, -0.05) is 18.2 Å². The molecule has 0 saturated carbocycles. The van der Waals surface area contributed by atoms with Gasteiger partial charge in [-0.15, -0.1) is 0 Å². The van der Waals surface area contributed by atoms with E-state index in [1.165, 1.54) is 30.4 Å². The molecule has 2 amide bonds. The third-order valence-electron chi connectivity index (χ3n) is 2.50. The van der Waals surface area contributed by atoms with Gasteiger partial charge in [-0.3, -0.25) is 19.7 Å². The Bertz CT molecular complexity index is 654. The number of carbonyl (C=O) groups excluding carboxylic acids is 2. The van der Waals surface area contributed by atoms with Crippen LogP contribution in [0.25, 0.3) is 6.08 Å². The first kappa shape index (κ1) is 13.5. The Balaban J connectivity index is 2.22. The molecule has 0 aromatic heterocycles. The lowest BCUT2D eigenvalue weighted by molar-refractivity contribution is -0.493. The zero-order valence-corrected chi connectivity index (χ0v) is 9.95. The van der Waals surface area contributed by atoms with Crippen LogP contribution < -0.4 is 5.32 Å². The van der Waals surface area contributed by atoms with E-state index in [0.29, 0.717) is 0 Å². The van der Waals surface area contributed by atoms with Gasteiger partial charge in [-0.25, -0.2) is 4.39 Å². The molecule has 102 valence electrons. The summed E-state index contributed by atoms with van der Waals surface area (Å²) in [6, 6.07) is 3.82. The number of halogens is 1. The molecule has 8 heteroatoms. The third kappa shape index (κ3) is 2.74. The van der Waals surface area contributed by atoms with Crippen molar-refractivity contribution in [3.05, 3.63) is 51.8 Å².